The zero-order valence-corrected chi connectivity index (χ0v) is 10.3. The van der Waals surface area contributed by atoms with Crippen molar-refractivity contribution in [3.63, 3.8) is 0 Å². The van der Waals surface area contributed by atoms with Gasteiger partial charge in [0.2, 0.25) is 0 Å². The minimum atomic E-state index is -0.904. The lowest BCUT2D eigenvalue weighted by molar-refractivity contribution is -0.138. The van der Waals surface area contributed by atoms with E-state index in [4.69, 9.17) is 23.1 Å². The maximum absolute atomic E-state index is 10.8. The second-order valence-electron chi connectivity index (χ2n) is 3.70. The van der Waals surface area contributed by atoms with Crippen LogP contribution in [0.3, 0.4) is 0 Å². The molecular weight excluding hydrogens is 238 g/mol. The molecule has 0 aromatic heterocycles. The molecule has 0 radical (unpaired) electrons. The molecule has 1 rings (SSSR count). The van der Waals surface area contributed by atoms with Crippen LogP contribution in [0.2, 0.25) is 5.02 Å². The van der Waals surface area contributed by atoms with Crippen LogP contribution in [0.15, 0.2) is 24.3 Å². The summed E-state index contributed by atoms with van der Waals surface area (Å²) in [5.41, 5.74) is 0.880. The topological polar surface area (TPSA) is 40.5 Å². The second kappa shape index (κ2) is 6.29. The molecule has 0 spiro atoms. The Morgan fingerprint density at radius 1 is 1.59 bits per heavy atom. The Balaban J connectivity index is 2.92. The van der Waals surface area contributed by atoms with E-state index in [1.54, 1.807) is 11.0 Å². The standard InChI is InChI=1S/C13H14ClNO2/c1-3-8-15(9-13(16)17)10(2)11-6-4-5-7-12(11)14/h1,4-7,10H,8-9H2,2H3,(H,16,17). The van der Waals surface area contributed by atoms with E-state index in [2.05, 4.69) is 5.92 Å². The van der Waals surface area contributed by atoms with Crippen LogP contribution in [0.1, 0.15) is 18.5 Å². The highest BCUT2D eigenvalue weighted by Gasteiger charge is 2.19. The van der Waals surface area contributed by atoms with Crippen LogP contribution in [0.4, 0.5) is 0 Å². The van der Waals surface area contributed by atoms with Gasteiger partial charge in [-0.3, -0.25) is 9.69 Å². The molecule has 1 aromatic carbocycles. The van der Waals surface area contributed by atoms with E-state index in [-0.39, 0.29) is 19.1 Å². The third-order valence-corrected chi connectivity index (χ3v) is 2.88. The largest absolute Gasteiger partial charge is 0.480 e. The lowest BCUT2D eigenvalue weighted by Crippen LogP contribution is -2.32. The van der Waals surface area contributed by atoms with Gasteiger partial charge in [0.05, 0.1) is 13.1 Å². The van der Waals surface area contributed by atoms with Crippen LogP contribution < -0.4 is 0 Å². The zero-order chi connectivity index (χ0) is 12.8. The zero-order valence-electron chi connectivity index (χ0n) is 9.56. The fourth-order valence-corrected chi connectivity index (χ4v) is 1.92. The normalized spacial score (nSPS) is 12.1. The van der Waals surface area contributed by atoms with Crippen LogP contribution in [0.5, 0.6) is 0 Å². The molecule has 0 saturated carbocycles. The Morgan fingerprint density at radius 2 is 2.24 bits per heavy atom. The molecule has 0 saturated heterocycles. The SMILES string of the molecule is C#CCN(CC(=O)O)C(C)c1ccccc1Cl. The number of hydrogen-bond donors (Lipinski definition) is 1. The summed E-state index contributed by atoms with van der Waals surface area (Å²) < 4.78 is 0. The highest BCUT2D eigenvalue weighted by atomic mass is 35.5. The first-order chi connectivity index (χ1) is 8.06. The maximum atomic E-state index is 10.8. The van der Waals surface area contributed by atoms with Gasteiger partial charge >= 0.3 is 5.97 Å². The average molecular weight is 252 g/mol. The molecule has 1 aromatic rings. The number of aliphatic carboxylic acids is 1. The van der Waals surface area contributed by atoms with Crippen LogP contribution in [0, 0.1) is 12.3 Å². The summed E-state index contributed by atoms with van der Waals surface area (Å²) in [5.74, 6) is 1.56. The van der Waals surface area contributed by atoms with E-state index >= 15 is 0 Å². The van der Waals surface area contributed by atoms with E-state index < -0.39 is 5.97 Å². The Hall–Kier alpha value is -1.50. The van der Waals surface area contributed by atoms with Gasteiger partial charge in [-0.1, -0.05) is 35.7 Å². The summed E-state index contributed by atoms with van der Waals surface area (Å²) in [6, 6.07) is 7.23. The number of benzene rings is 1. The highest BCUT2D eigenvalue weighted by molar-refractivity contribution is 6.31. The van der Waals surface area contributed by atoms with Gasteiger partial charge in [-0.05, 0) is 18.6 Å². The summed E-state index contributed by atoms with van der Waals surface area (Å²) in [4.78, 5) is 12.4. The molecular formula is C13H14ClNO2. The maximum Gasteiger partial charge on any atom is 0.317 e. The predicted octanol–water partition coefficient (Wildman–Crippen LogP) is 2.42. The lowest BCUT2D eigenvalue weighted by Gasteiger charge is -2.26. The number of carboxylic acids is 1. The number of hydrogen-bond acceptors (Lipinski definition) is 2. The van der Waals surface area contributed by atoms with Gasteiger partial charge < -0.3 is 5.11 Å². The number of nitrogens with zero attached hydrogens (tertiary/aromatic N) is 1. The Morgan fingerprint density at radius 3 is 2.76 bits per heavy atom. The Labute approximate surface area is 106 Å². The van der Waals surface area contributed by atoms with Crippen molar-refractivity contribution in [1.82, 2.24) is 4.90 Å². The fraction of sp³-hybridized carbons (Fsp3) is 0.308. The van der Waals surface area contributed by atoms with Gasteiger partial charge in [0.15, 0.2) is 0 Å². The third-order valence-electron chi connectivity index (χ3n) is 2.54. The Kier molecular flexibility index (Phi) is 5.02. The quantitative estimate of drug-likeness (QED) is 0.817. The summed E-state index contributed by atoms with van der Waals surface area (Å²) >= 11 is 6.07. The van der Waals surface area contributed by atoms with Gasteiger partial charge in [0, 0.05) is 11.1 Å². The van der Waals surface area contributed by atoms with Crippen molar-refractivity contribution in [1.29, 1.82) is 0 Å². The summed E-state index contributed by atoms with van der Waals surface area (Å²) in [5, 5.41) is 9.45. The van der Waals surface area contributed by atoms with E-state index in [1.165, 1.54) is 0 Å². The number of carbonyl (C=O) groups is 1. The smallest absolute Gasteiger partial charge is 0.317 e. The summed E-state index contributed by atoms with van der Waals surface area (Å²) in [7, 11) is 0. The summed E-state index contributed by atoms with van der Waals surface area (Å²) in [6.45, 7) is 2.07. The minimum absolute atomic E-state index is 0.101. The molecule has 90 valence electrons. The molecule has 4 heteroatoms. The molecule has 0 bridgehead atoms. The molecule has 0 heterocycles. The van der Waals surface area contributed by atoms with Crippen molar-refractivity contribution in [2.75, 3.05) is 13.1 Å². The monoisotopic (exact) mass is 251 g/mol. The van der Waals surface area contributed by atoms with Gasteiger partial charge in [0.1, 0.15) is 0 Å². The Bertz CT molecular complexity index is 439. The van der Waals surface area contributed by atoms with E-state index in [0.29, 0.717) is 5.02 Å². The van der Waals surface area contributed by atoms with Crippen LogP contribution in [-0.4, -0.2) is 29.1 Å². The molecule has 0 amide bonds. The summed E-state index contributed by atoms with van der Waals surface area (Å²) in [6.07, 6.45) is 5.24. The fourth-order valence-electron chi connectivity index (χ4n) is 1.63. The van der Waals surface area contributed by atoms with E-state index in [1.807, 2.05) is 25.1 Å². The number of carboxylic acid groups (broad SMARTS) is 1. The first kappa shape index (κ1) is 13.6. The number of halogens is 1. The predicted molar refractivity (Wildman–Crippen MR) is 67.9 cm³/mol. The number of rotatable bonds is 5. The second-order valence-corrected chi connectivity index (χ2v) is 4.11. The molecule has 17 heavy (non-hydrogen) atoms. The van der Waals surface area contributed by atoms with Gasteiger partial charge in [-0.15, -0.1) is 6.42 Å². The molecule has 0 aliphatic carbocycles. The van der Waals surface area contributed by atoms with Gasteiger partial charge in [-0.2, -0.15) is 0 Å². The molecule has 3 nitrogen and oxygen atoms in total. The van der Waals surface area contributed by atoms with E-state index in [0.717, 1.165) is 5.56 Å². The number of terminal acetylenes is 1. The van der Waals surface area contributed by atoms with Crippen LogP contribution in [0.25, 0.3) is 0 Å². The molecule has 0 aliphatic rings. The van der Waals surface area contributed by atoms with Gasteiger partial charge in [-0.25, -0.2) is 0 Å². The van der Waals surface area contributed by atoms with Crippen molar-refractivity contribution < 1.29 is 9.90 Å². The van der Waals surface area contributed by atoms with Crippen LogP contribution in [-0.2, 0) is 4.79 Å². The van der Waals surface area contributed by atoms with Gasteiger partial charge in [0.25, 0.3) is 0 Å². The van der Waals surface area contributed by atoms with Crippen molar-refractivity contribution >= 4 is 17.6 Å². The van der Waals surface area contributed by atoms with Crippen molar-refractivity contribution in [3.8, 4) is 12.3 Å². The average Bonchev–Trinajstić information content (AvgIpc) is 2.28. The first-order valence-electron chi connectivity index (χ1n) is 5.20. The molecule has 1 N–H and O–H groups in total. The molecule has 0 aliphatic heterocycles. The molecule has 1 atom stereocenters. The minimum Gasteiger partial charge on any atom is -0.480 e. The van der Waals surface area contributed by atoms with Crippen molar-refractivity contribution in [2.45, 2.75) is 13.0 Å². The highest BCUT2D eigenvalue weighted by Crippen LogP contribution is 2.26. The van der Waals surface area contributed by atoms with Crippen molar-refractivity contribution in [2.24, 2.45) is 0 Å². The molecule has 1 unspecified atom stereocenters. The first-order valence-corrected chi connectivity index (χ1v) is 5.57. The van der Waals surface area contributed by atoms with Crippen LogP contribution >= 0.6 is 11.6 Å². The van der Waals surface area contributed by atoms with E-state index in [9.17, 15) is 4.79 Å². The third kappa shape index (κ3) is 3.77. The molecule has 0 fully saturated rings. The van der Waals surface area contributed by atoms with Crippen molar-refractivity contribution in [3.05, 3.63) is 34.9 Å². The lowest BCUT2D eigenvalue weighted by atomic mass is 10.1.